The van der Waals surface area contributed by atoms with E-state index in [1.54, 1.807) is 0 Å². The zero-order chi connectivity index (χ0) is 13.9. The molecule has 1 aromatic rings. The fourth-order valence-electron chi connectivity index (χ4n) is 2.72. The molecular weight excluding hydrogens is 236 g/mol. The zero-order valence-corrected chi connectivity index (χ0v) is 12.8. The molecule has 19 heavy (non-hydrogen) atoms. The highest BCUT2D eigenvalue weighted by molar-refractivity contribution is 5.08. The first-order valence-corrected chi connectivity index (χ1v) is 7.54. The summed E-state index contributed by atoms with van der Waals surface area (Å²) in [5.41, 5.74) is 0.134. The molecule has 2 heterocycles. The number of hydrogen-bond donors (Lipinski definition) is 1. The smallest absolute Gasteiger partial charge is 0.118 e. The predicted octanol–water partition coefficient (Wildman–Crippen LogP) is 3.54. The molecule has 2 rings (SSSR count). The number of hydrogen-bond acceptors (Lipinski definition) is 3. The second kappa shape index (κ2) is 6.10. The van der Waals surface area contributed by atoms with Gasteiger partial charge in [0.05, 0.1) is 13.1 Å². The van der Waals surface area contributed by atoms with Gasteiger partial charge < -0.3 is 9.73 Å². The Morgan fingerprint density at radius 1 is 1.32 bits per heavy atom. The standard InChI is InChI=1S/C16H28N2O/c1-5-13-7-6-10-18(13)12-15-9-8-14(19-15)11-17-16(2,3)4/h8-9,13,17H,5-7,10-12H2,1-4H3. The third-order valence-electron chi connectivity index (χ3n) is 3.84. The minimum Gasteiger partial charge on any atom is -0.463 e. The van der Waals surface area contributed by atoms with Gasteiger partial charge in [-0.3, -0.25) is 4.90 Å². The second-order valence-corrected chi connectivity index (χ2v) is 6.65. The first-order chi connectivity index (χ1) is 8.98. The Morgan fingerprint density at radius 3 is 2.74 bits per heavy atom. The molecule has 0 aliphatic carbocycles. The minimum absolute atomic E-state index is 0.134. The average Bonchev–Trinajstić information content (AvgIpc) is 2.95. The topological polar surface area (TPSA) is 28.4 Å². The zero-order valence-electron chi connectivity index (χ0n) is 12.8. The quantitative estimate of drug-likeness (QED) is 0.881. The van der Waals surface area contributed by atoms with E-state index < -0.39 is 0 Å². The molecule has 0 radical (unpaired) electrons. The lowest BCUT2D eigenvalue weighted by Crippen LogP contribution is -2.34. The van der Waals surface area contributed by atoms with E-state index in [0.717, 1.165) is 30.7 Å². The van der Waals surface area contributed by atoms with E-state index in [4.69, 9.17) is 4.42 Å². The maximum absolute atomic E-state index is 5.93. The van der Waals surface area contributed by atoms with Crippen molar-refractivity contribution in [2.75, 3.05) is 6.54 Å². The highest BCUT2D eigenvalue weighted by Crippen LogP contribution is 2.23. The monoisotopic (exact) mass is 264 g/mol. The van der Waals surface area contributed by atoms with Gasteiger partial charge in [0.15, 0.2) is 0 Å². The van der Waals surface area contributed by atoms with Gasteiger partial charge in [-0.2, -0.15) is 0 Å². The SMILES string of the molecule is CCC1CCCN1Cc1ccc(CNC(C)(C)C)o1. The molecule has 1 fully saturated rings. The summed E-state index contributed by atoms with van der Waals surface area (Å²) in [6, 6.07) is 4.98. The summed E-state index contributed by atoms with van der Waals surface area (Å²) in [7, 11) is 0. The fourth-order valence-corrected chi connectivity index (χ4v) is 2.72. The number of nitrogens with zero attached hydrogens (tertiary/aromatic N) is 1. The van der Waals surface area contributed by atoms with Gasteiger partial charge in [-0.25, -0.2) is 0 Å². The van der Waals surface area contributed by atoms with Crippen molar-refractivity contribution in [2.45, 2.75) is 71.6 Å². The highest BCUT2D eigenvalue weighted by atomic mass is 16.3. The predicted molar refractivity (Wildman–Crippen MR) is 79.0 cm³/mol. The minimum atomic E-state index is 0.134. The first kappa shape index (κ1) is 14.6. The van der Waals surface area contributed by atoms with E-state index in [9.17, 15) is 0 Å². The maximum atomic E-state index is 5.93. The summed E-state index contributed by atoms with van der Waals surface area (Å²) in [6.07, 6.45) is 3.92. The van der Waals surface area contributed by atoms with Crippen molar-refractivity contribution < 1.29 is 4.42 Å². The first-order valence-electron chi connectivity index (χ1n) is 7.54. The summed E-state index contributed by atoms with van der Waals surface area (Å²) >= 11 is 0. The molecule has 0 spiro atoms. The van der Waals surface area contributed by atoms with Gasteiger partial charge in [-0.15, -0.1) is 0 Å². The Hall–Kier alpha value is -0.800. The fraction of sp³-hybridized carbons (Fsp3) is 0.750. The van der Waals surface area contributed by atoms with Crippen molar-refractivity contribution in [3.8, 4) is 0 Å². The Bertz CT molecular complexity index is 392. The van der Waals surface area contributed by atoms with Gasteiger partial charge >= 0.3 is 0 Å². The van der Waals surface area contributed by atoms with Gasteiger partial charge in [0, 0.05) is 11.6 Å². The van der Waals surface area contributed by atoms with E-state index in [0.29, 0.717) is 0 Å². The molecule has 1 atom stereocenters. The van der Waals surface area contributed by atoms with E-state index in [-0.39, 0.29) is 5.54 Å². The third kappa shape index (κ3) is 4.36. The van der Waals surface area contributed by atoms with E-state index in [1.807, 2.05) is 0 Å². The maximum Gasteiger partial charge on any atom is 0.118 e. The van der Waals surface area contributed by atoms with Crippen LogP contribution in [0, 0.1) is 0 Å². The molecule has 1 aliphatic rings. The molecule has 1 N–H and O–H groups in total. The Kier molecular flexibility index (Phi) is 4.69. The molecule has 0 aromatic carbocycles. The molecule has 1 aliphatic heterocycles. The lowest BCUT2D eigenvalue weighted by molar-refractivity contribution is 0.218. The van der Waals surface area contributed by atoms with E-state index in [2.05, 4.69) is 50.0 Å². The molecule has 1 aromatic heterocycles. The van der Waals surface area contributed by atoms with Crippen molar-refractivity contribution in [3.05, 3.63) is 23.7 Å². The Balaban J connectivity index is 1.87. The van der Waals surface area contributed by atoms with Crippen LogP contribution in [0.4, 0.5) is 0 Å². The van der Waals surface area contributed by atoms with Crippen molar-refractivity contribution in [3.63, 3.8) is 0 Å². The molecule has 1 unspecified atom stereocenters. The summed E-state index contributed by atoms with van der Waals surface area (Å²) in [5, 5.41) is 3.46. The molecule has 3 nitrogen and oxygen atoms in total. The van der Waals surface area contributed by atoms with Crippen LogP contribution >= 0.6 is 0 Å². The normalized spacial score (nSPS) is 21.2. The summed E-state index contributed by atoms with van der Waals surface area (Å²) in [6.45, 7) is 11.8. The molecule has 3 heteroatoms. The number of likely N-dealkylation sites (tertiary alicyclic amines) is 1. The van der Waals surface area contributed by atoms with Crippen molar-refractivity contribution in [1.29, 1.82) is 0 Å². The molecular formula is C16H28N2O. The summed E-state index contributed by atoms with van der Waals surface area (Å²) < 4.78 is 5.93. The van der Waals surface area contributed by atoms with Gasteiger partial charge in [-0.1, -0.05) is 6.92 Å². The van der Waals surface area contributed by atoms with Crippen LogP contribution in [-0.4, -0.2) is 23.0 Å². The van der Waals surface area contributed by atoms with Gasteiger partial charge in [0.2, 0.25) is 0 Å². The van der Waals surface area contributed by atoms with Crippen LogP contribution in [0.25, 0.3) is 0 Å². The number of rotatable bonds is 5. The van der Waals surface area contributed by atoms with Crippen molar-refractivity contribution in [2.24, 2.45) is 0 Å². The number of nitrogens with one attached hydrogen (secondary N) is 1. The lowest BCUT2D eigenvalue weighted by Gasteiger charge is -2.22. The largest absolute Gasteiger partial charge is 0.463 e. The van der Waals surface area contributed by atoms with Crippen molar-refractivity contribution in [1.82, 2.24) is 10.2 Å². The van der Waals surface area contributed by atoms with Crippen LogP contribution < -0.4 is 5.32 Å². The van der Waals surface area contributed by atoms with E-state index in [1.165, 1.54) is 25.8 Å². The van der Waals surface area contributed by atoms with Gasteiger partial charge in [-0.05, 0) is 58.7 Å². The van der Waals surface area contributed by atoms with Crippen LogP contribution in [0.5, 0.6) is 0 Å². The third-order valence-corrected chi connectivity index (χ3v) is 3.84. The van der Waals surface area contributed by atoms with Gasteiger partial charge in [0.25, 0.3) is 0 Å². The summed E-state index contributed by atoms with van der Waals surface area (Å²) in [5.74, 6) is 2.14. The van der Waals surface area contributed by atoms with E-state index >= 15 is 0 Å². The number of furan rings is 1. The highest BCUT2D eigenvalue weighted by Gasteiger charge is 2.23. The van der Waals surface area contributed by atoms with Gasteiger partial charge in [0.1, 0.15) is 11.5 Å². The van der Waals surface area contributed by atoms with Crippen LogP contribution in [0.2, 0.25) is 0 Å². The summed E-state index contributed by atoms with van der Waals surface area (Å²) in [4.78, 5) is 2.56. The molecule has 0 amide bonds. The molecule has 108 valence electrons. The lowest BCUT2D eigenvalue weighted by atomic mass is 10.1. The van der Waals surface area contributed by atoms with Crippen LogP contribution in [0.15, 0.2) is 16.5 Å². The Morgan fingerprint density at radius 2 is 2.05 bits per heavy atom. The van der Waals surface area contributed by atoms with Crippen LogP contribution in [0.3, 0.4) is 0 Å². The Labute approximate surface area is 117 Å². The van der Waals surface area contributed by atoms with Crippen LogP contribution in [-0.2, 0) is 13.1 Å². The molecule has 0 bridgehead atoms. The molecule has 1 saturated heterocycles. The van der Waals surface area contributed by atoms with Crippen molar-refractivity contribution >= 4 is 0 Å². The molecule has 0 saturated carbocycles. The van der Waals surface area contributed by atoms with Crippen LogP contribution in [0.1, 0.15) is 58.5 Å². The average molecular weight is 264 g/mol. The second-order valence-electron chi connectivity index (χ2n) is 6.65.